The lowest BCUT2D eigenvalue weighted by Gasteiger charge is -2.16. The Labute approximate surface area is 114 Å². The van der Waals surface area contributed by atoms with E-state index < -0.39 is 0 Å². The van der Waals surface area contributed by atoms with Crippen LogP contribution in [0, 0.1) is 6.92 Å². The number of anilines is 1. The molecule has 0 aliphatic carbocycles. The molecule has 100 valence electrons. The van der Waals surface area contributed by atoms with Crippen LogP contribution in [0.25, 0.3) is 0 Å². The van der Waals surface area contributed by atoms with Crippen LogP contribution in [-0.4, -0.2) is 32.0 Å². The van der Waals surface area contributed by atoms with E-state index in [-0.39, 0.29) is 6.04 Å². The lowest BCUT2D eigenvalue weighted by molar-refractivity contribution is 0.179. The van der Waals surface area contributed by atoms with E-state index in [2.05, 4.69) is 10.6 Å². The van der Waals surface area contributed by atoms with Crippen molar-refractivity contribution in [3.63, 3.8) is 0 Å². The third-order valence-corrected chi connectivity index (χ3v) is 2.67. The molecular formula is C13H20N2O2S. The summed E-state index contributed by atoms with van der Waals surface area (Å²) in [4.78, 5) is 0. The number of rotatable bonds is 5. The summed E-state index contributed by atoms with van der Waals surface area (Å²) in [6, 6.07) is 6.02. The lowest BCUT2D eigenvalue weighted by atomic mass is 10.2. The molecule has 0 aromatic heterocycles. The van der Waals surface area contributed by atoms with Gasteiger partial charge in [-0.3, -0.25) is 0 Å². The highest BCUT2D eigenvalue weighted by Gasteiger charge is 2.05. The molecule has 0 saturated heterocycles. The van der Waals surface area contributed by atoms with E-state index in [0.717, 1.165) is 17.0 Å². The van der Waals surface area contributed by atoms with Gasteiger partial charge >= 0.3 is 0 Å². The van der Waals surface area contributed by atoms with E-state index in [4.69, 9.17) is 21.7 Å². The summed E-state index contributed by atoms with van der Waals surface area (Å²) in [6.45, 7) is 4.62. The van der Waals surface area contributed by atoms with Crippen molar-refractivity contribution in [3.05, 3.63) is 23.8 Å². The fourth-order valence-corrected chi connectivity index (χ4v) is 1.96. The summed E-state index contributed by atoms with van der Waals surface area (Å²) in [5.74, 6) is 0.868. The van der Waals surface area contributed by atoms with Gasteiger partial charge in [0.1, 0.15) is 5.75 Å². The van der Waals surface area contributed by atoms with E-state index in [0.29, 0.717) is 11.7 Å². The van der Waals surface area contributed by atoms with E-state index in [9.17, 15) is 0 Å². The van der Waals surface area contributed by atoms with Gasteiger partial charge in [-0.15, -0.1) is 0 Å². The molecule has 0 aliphatic rings. The van der Waals surface area contributed by atoms with Gasteiger partial charge in [-0.05, 0) is 49.8 Å². The third kappa shape index (κ3) is 4.50. The first kappa shape index (κ1) is 14.7. The van der Waals surface area contributed by atoms with Gasteiger partial charge in [-0.2, -0.15) is 0 Å². The quantitative estimate of drug-likeness (QED) is 0.802. The largest absolute Gasteiger partial charge is 0.496 e. The molecule has 2 N–H and O–H groups in total. The average Bonchev–Trinajstić information content (AvgIpc) is 2.29. The number of thiocarbonyl (C=S) groups is 1. The van der Waals surface area contributed by atoms with Crippen LogP contribution >= 0.6 is 12.2 Å². The molecule has 0 aliphatic heterocycles. The maximum Gasteiger partial charge on any atom is 0.171 e. The molecule has 0 bridgehead atoms. The smallest absolute Gasteiger partial charge is 0.171 e. The standard InChI is InChI=1S/C13H20N2O2S/c1-9-7-11(5-6-12(9)17-4)15-13(18)14-10(2)8-16-3/h5-7,10H,8H2,1-4H3,(H2,14,15,18). The van der Waals surface area contributed by atoms with Crippen molar-refractivity contribution in [2.45, 2.75) is 19.9 Å². The average molecular weight is 268 g/mol. The highest BCUT2D eigenvalue weighted by atomic mass is 32.1. The molecule has 0 radical (unpaired) electrons. The monoisotopic (exact) mass is 268 g/mol. The van der Waals surface area contributed by atoms with Crippen molar-refractivity contribution in [1.82, 2.24) is 5.32 Å². The molecule has 0 saturated carbocycles. The van der Waals surface area contributed by atoms with Crippen LogP contribution in [0.15, 0.2) is 18.2 Å². The Morgan fingerprint density at radius 3 is 2.67 bits per heavy atom. The van der Waals surface area contributed by atoms with Crippen LogP contribution in [0.2, 0.25) is 0 Å². The van der Waals surface area contributed by atoms with Crippen molar-refractivity contribution in [3.8, 4) is 5.75 Å². The number of ether oxygens (including phenoxy) is 2. The molecule has 0 amide bonds. The van der Waals surface area contributed by atoms with Crippen molar-refractivity contribution in [1.29, 1.82) is 0 Å². The van der Waals surface area contributed by atoms with Gasteiger partial charge in [-0.25, -0.2) is 0 Å². The molecule has 0 heterocycles. The fraction of sp³-hybridized carbons (Fsp3) is 0.462. The predicted molar refractivity (Wildman–Crippen MR) is 78.4 cm³/mol. The minimum absolute atomic E-state index is 0.175. The van der Waals surface area contributed by atoms with Crippen LogP contribution in [-0.2, 0) is 4.74 Å². The number of hydrogen-bond donors (Lipinski definition) is 2. The first-order chi connectivity index (χ1) is 8.56. The van der Waals surface area contributed by atoms with Crippen LogP contribution < -0.4 is 15.4 Å². The third-order valence-electron chi connectivity index (χ3n) is 2.45. The van der Waals surface area contributed by atoms with E-state index in [1.54, 1.807) is 14.2 Å². The highest BCUT2D eigenvalue weighted by Crippen LogP contribution is 2.21. The normalized spacial score (nSPS) is 11.8. The highest BCUT2D eigenvalue weighted by molar-refractivity contribution is 7.80. The Balaban J connectivity index is 2.57. The Morgan fingerprint density at radius 2 is 2.11 bits per heavy atom. The van der Waals surface area contributed by atoms with Crippen molar-refractivity contribution in [2.75, 3.05) is 26.1 Å². The van der Waals surface area contributed by atoms with Gasteiger partial charge in [0.15, 0.2) is 5.11 Å². The summed E-state index contributed by atoms with van der Waals surface area (Å²) in [6.07, 6.45) is 0. The second-order valence-electron chi connectivity index (χ2n) is 4.14. The number of aryl methyl sites for hydroxylation is 1. The Morgan fingerprint density at radius 1 is 1.39 bits per heavy atom. The van der Waals surface area contributed by atoms with Gasteiger partial charge in [0, 0.05) is 18.8 Å². The van der Waals surface area contributed by atoms with E-state index >= 15 is 0 Å². The van der Waals surface area contributed by atoms with Crippen molar-refractivity contribution >= 4 is 23.0 Å². The zero-order valence-electron chi connectivity index (χ0n) is 11.2. The van der Waals surface area contributed by atoms with Gasteiger partial charge < -0.3 is 20.1 Å². The summed E-state index contributed by atoms with van der Waals surface area (Å²) in [5, 5.41) is 6.86. The molecule has 1 rings (SSSR count). The molecule has 4 nitrogen and oxygen atoms in total. The molecular weight excluding hydrogens is 248 g/mol. The maximum absolute atomic E-state index is 5.22. The first-order valence-corrected chi connectivity index (χ1v) is 6.18. The van der Waals surface area contributed by atoms with Crippen molar-refractivity contribution in [2.24, 2.45) is 0 Å². The molecule has 1 atom stereocenters. The second-order valence-corrected chi connectivity index (χ2v) is 4.55. The molecule has 18 heavy (non-hydrogen) atoms. The SMILES string of the molecule is COCC(C)NC(=S)Nc1ccc(OC)c(C)c1. The van der Waals surface area contributed by atoms with Crippen LogP contribution in [0.1, 0.15) is 12.5 Å². The molecule has 1 aromatic carbocycles. The van der Waals surface area contributed by atoms with E-state index in [1.165, 1.54) is 0 Å². The minimum atomic E-state index is 0.175. The molecule has 0 spiro atoms. The summed E-state index contributed by atoms with van der Waals surface area (Å²) < 4.78 is 10.2. The topological polar surface area (TPSA) is 42.5 Å². The van der Waals surface area contributed by atoms with Crippen LogP contribution in [0.5, 0.6) is 5.75 Å². The van der Waals surface area contributed by atoms with Gasteiger partial charge in [0.05, 0.1) is 13.7 Å². The second kappa shape index (κ2) is 7.18. The van der Waals surface area contributed by atoms with Crippen LogP contribution in [0.3, 0.4) is 0 Å². The molecule has 1 unspecified atom stereocenters. The fourth-order valence-electron chi connectivity index (χ4n) is 1.64. The predicted octanol–water partition coefficient (Wildman–Crippen LogP) is 2.32. The molecule has 1 aromatic rings. The van der Waals surface area contributed by atoms with Crippen LogP contribution in [0.4, 0.5) is 5.69 Å². The summed E-state index contributed by atoms with van der Waals surface area (Å²) in [5.41, 5.74) is 2.01. The number of methoxy groups -OCH3 is 2. The summed E-state index contributed by atoms with van der Waals surface area (Å²) >= 11 is 5.22. The Bertz CT molecular complexity index is 410. The summed E-state index contributed by atoms with van der Waals surface area (Å²) in [7, 11) is 3.33. The zero-order valence-corrected chi connectivity index (χ0v) is 12.1. The van der Waals surface area contributed by atoms with Crippen molar-refractivity contribution < 1.29 is 9.47 Å². The van der Waals surface area contributed by atoms with Gasteiger partial charge in [0.2, 0.25) is 0 Å². The lowest BCUT2D eigenvalue weighted by Crippen LogP contribution is -2.38. The number of nitrogens with one attached hydrogen (secondary N) is 2. The molecule has 5 heteroatoms. The zero-order chi connectivity index (χ0) is 13.5. The van der Waals surface area contributed by atoms with E-state index in [1.807, 2.05) is 32.0 Å². The number of benzene rings is 1. The first-order valence-electron chi connectivity index (χ1n) is 5.78. The molecule has 0 fully saturated rings. The Kier molecular flexibility index (Phi) is 5.88. The van der Waals surface area contributed by atoms with Gasteiger partial charge in [-0.1, -0.05) is 0 Å². The Hall–Kier alpha value is -1.33. The minimum Gasteiger partial charge on any atom is -0.496 e. The van der Waals surface area contributed by atoms with Gasteiger partial charge in [0.25, 0.3) is 0 Å². The number of hydrogen-bond acceptors (Lipinski definition) is 3. The maximum atomic E-state index is 5.22.